The van der Waals surface area contributed by atoms with Gasteiger partial charge in [-0.15, -0.1) is 0 Å². The fourth-order valence-electron chi connectivity index (χ4n) is 2.82. The van der Waals surface area contributed by atoms with Gasteiger partial charge in [0.2, 0.25) is 6.10 Å². The number of hydrogen-bond donors (Lipinski definition) is 1. The van der Waals surface area contributed by atoms with Crippen LogP contribution < -0.4 is 5.32 Å². The van der Waals surface area contributed by atoms with Crippen LogP contribution in [0.5, 0.6) is 0 Å². The summed E-state index contributed by atoms with van der Waals surface area (Å²) in [7, 11) is 0. The quantitative estimate of drug-likeness (QED) is 0.833. The summed E-state index contributed by atoms with van der Waals surface area (Å²) in [5.74, 6) is -0.371. The standard InChI is InChI=1S/C21H23NO3/c1-13-9-10-14(2)18(11-13)22-20(23)19(16-7-5-4-6-8-16)25-21(24)17-12-15(17)3/h4-11,15,17,19H,12H2,1-3H3,(H,22,23)/t15-,17-,19+/m0/s1. The Kier molecular flexibility index (Phi) is 4.88. The smallest absolute Gasteiger partial charge is 0.310 e. The first-order chi connectivity index (χ1) is 12.0. The summed E-state index contributed by atoms with van der Waals surface area (Å²) in [5.41, 5.74) is 3.43. The average Bonchev–Trinajstić information content (AvgIpc) is 3.33. The van der Waals surface area contributed by atoms with Gasteiger partial charge in [-0.2, -0.15) is 0 Å². The van der Waals surface area contributed by atoms with Crippen molar-refractivity contribution in [2.75, 3.05) is 5.32 Å². The van der Waals surface area contributed by atoms with E-state index in [4.69, 9.17) is 4.74 Å². The van der Waals surface area contributed by atoms with Crippen molar-refractivity contribution in [1.29, 1.82) is 0 Å². The van der Waals surface area contributed by atoms with Gasteiger partial charge in [-0.1, -0.05) is 49.4 Å². The van der Waals surface area contributed by atoms with Crippen molar-refractivity contribution in [3.05, 3.63) is 65.2 Å². The maximum atomic E-state index is 12.8. The van der Waals surface area contributed by atoms with E-state index >= 15 is 0 Å². The Morgan fingerprint density at radius 1 is 1.12 bits per heavy atom. The molecule has 0 bridgehead atoms. The molecule has 0 spiro atoms. The minimum Gasteiger partial charge on any atom is -0.447 e. The largest absolute Gasteiger partial charge is 0.447 e. The minimum atomic E-state index is -0.943. The second-order valence-electron chi connectivity index (χ2n) is 6.85. The van der Waals surface area contributed by atoms with Crippen molar-refractivity contribution >= 4 is 17.6 Å². The molecule has 1 saturated carbocycles. The number of anilines is 1. The number of carbonyl (C=O) groups excluding carboxylic acids is 2. The van der Waals surface area contributed by atoms with Gasteiger partial charge in [-0.25, -0.2) is 0 Å². The number of hydrogen-bond acceptors (Lipinski definition) is 3. The maximum Gasteiger partial charge on any atom is 0.310 e. The Labute approximate surface area is 148 Å². The molecule has 1 aliphatic rings. The normalized spacial score (nSPS) is 19.8. The van der Waals surface area contributed by atoms with E-state index in [0.29, 0.717) is 11.5 Å². The van der Waals surface area contributed by atoms with Crippen LogP contribution in [0, 0.1) is 25.7 Å². The monoisotopic (exact) mass is 337 g/mol. The Morgan fingerprint density at radius 3 is 2.44 bits per heavy atom. The van der Waals surface area contributed by atoms with E-state index in [-0.39, 0.29) is 17.8 Å². The number of amides is 1. The summed E-state index contributed by atoms with van der Waals surface area (Å²) in [6.07, 6.45) is -0.111. The van der Waals surface area contributed by atoms with Gasteiger partial charge in [0.15, 0.2) is 0 Å². The van der Waals surface area contributed by atoms with Crippen LogP contribution in [0.25, 0.3) is 0 Å². The van der Waals surface area contributed by atoms with Gasteiger partial charge in [0.25, 0.3) is 5.91 Å². The number of benzene rings is 2. The Morgan fingerprint density at radius 2 is 1.80 bits per heavy atom. The van der Waals surface area contributed by atoms with Gasteiger partial charge in [-0.05, 0) is 43.4 Å². The van der Waals surface area contributed by atoms with Crippen LogP contribution in [0.4, 0.5) is 5.69 Å². The third-order valence-electron chi connectivity index (χ3n) is 4.64. The van der Waals surface area contributed by atoms with E-state index in [1.807, 2.05) is 57.2 Å². The van der Waals surface area contributed by atoms with Crippen molar-refractivity contribution in [1.82, 2.24) is 0 Å². The Balaban J connectivity index is 1.81. The lowest BCUT2D eigenvalue weighted by molar-refractivity contribution is -0.156. The van der Waals surface area contributed by atoms with Crippen molar-refractivity contribution < 1.29 is 14.3 Å². The van der Waals surface area contributed by atoms with Crippen molar-refractivity contribution in [2.45, 2.75) is 33.3 Å². The molecule has 0 aliphatic heterocycles. The highest BCUT2D eigenvalue weighted by Crippen LogP contribution is 2.40. The molecule has 0 aromatic heterocycles. The van der Waals surface area contributed by atoms with Crippen LogP contribution in [0.3, 0.4) is 0 Å². The van der Waals surface area contributed by atoms with Gasteiger partial charge < -0.3 is 10.1 Å². The van der Waals surface area contributed by atoms with Crippen molar-refractivity contribution in [2.24, 2.45) is 11.8 Å². The minimum absolute atomic E-state index is 0.0836. The topological polar surface area (TPSA) is 55.4 Å². The number of rotatable bonds is 5. The van der Waals surface area contributed by atoms with Crippen LogP contribution in [0.2, 0.25) is 0 Å². The number of aryl methyl sites for hydroxylation is 2. The van der Waals surface area contributed by atoms with Crippen LogP contribution in [0.1, 0.15) is 36.1 Å². The molecule has 4 heteroatoms. The third kappa shape index (κ3) is 4.08. The van der Waals surface area contributed by atoms with E-state index in [0.717, 1.165) is 23.2 Å². The van der Waals surface area contributed by atoms with Crippen molar-refractivity contribution in [3.8, 4) is 0 Å². The molecule has 3 rings (SSSR count). The summed E-state index contributed by atoms with van der Waals surface area (Å²) in [4.78, 5) is 25.1. The SMILES string of the molecule is Cc1ccc(C)c(NC(=O)[C@H](OC(=O)[C@H]2C[C@@H]2C)c2ccccc2)c1. The summed E-state index contributed by atoms with van der Waals surface area (Å²) < 4.78 is 5.58. The third-order valence-corrected chi connectivity index (χ3v) is 4.64. The van der Waals surface area contributed by atoms with E-state index in [1.165, 1.54) is 0 Å². The molecule has 0 radical (unpaired) electrons. The Bertz CT molecular complexity index is 785. The maximum absolute atomic E-state index is 12.8. The summed E-state index contributed by atoms with van der Waals surface area (Å²) in [6.45, 7) is 5.92. The molecule has 2 aromatic carbocycles. The zero-order valence-electron chi connectivity index (χ0n) is 14.8. The van der Waals surface area contributed by atoms with Gasteiger partial charge >= 0.3 is 5.97 Å². The number of esters is 1. The zero-order chi connectivity index (χ0) is 18.0. The highest BCUT2D eigenvalue weighted by molar-refractivity contribution is 5.97. The van der Waals surface area contributed by atoms with E-state index < -0.39 is 6.10 Å². The Hall–Kier alpha value is -2.62. The van der Waals surface area contributed by atoms with Gasteiger partial charge in [0, 0.05) is 11.3 Å². The van der Waals surface area contributed by atoms with Crippen LogP contribution in [0.15, 0.2) is 48.5 Å². The molecule has 25 heavy (non-hydrogen) atoms. The molecular weight excluding hydrogens is 314 g/mol. The number of ether oxygens (including phenoxy) is 1. The van der Waals surface area contributed by atoms with Crippen LogP contribution >= 0.6 is 0 Å². The zero-order valence-corrected chi connectivity index (χ0v) is 14.8. The first kappa shape index (κ1) is 17.2. The van der Waals surface area contributed by atoms with Gasteiger partial charge in [-0.3, -0.25) is 9.59 Å². The highest BCUT2D eigenvalue weighted by Gasteiger charge is 2.42. The molecule has 4 nitrogen and oxygen atoms in total. The van der Waals surface area contributed by atoms with E-state index in [1.54, 1.807) is 12.1 Å². The van der Waals surface area contributed by atoms with Gasteiger partial charge in [0.05, 0.1) is 5.92 Å². The highest BCUT2D eigenvalue weighted by atomic mass is 16.5. The van der Waals surface area contributed by atoms with Crippen LogP contribution in [-0.4, -0.2) is 11.9 Å². The fourth-order valence-corrected chi connectivity index (χ4v) is 2.82. The predicted molar refractivity (Wildman–Crippen MR) is 97.1 cm³/mol. The summed E-state index contributed by atoms with van der Waals surface area (Å²) in [5, 5.41) is 2.91. The lowest BCUT2D eigenvalue weighted by atomic mass is 10.1. The first-order valence-corrected chi connectivity index (χ1v) is 8.59. The summed E-state index contributed by atoms with van der Waals surface area (Å²) in [6, 6.07) is 15.0. The molecule has 1 N–H and O–H groups in total. The fraction of sp³-hybridized carbons (Fsp3) is 0.333. The second-order valence-corrected chi connectivity index (χ2v) is 6.85. The molecule has 0 heterocycles. The molecule has 3 atom stereocenters. The lowest BCUT2D eigenvalue weighted by Gasteiger charge is -2.19. The number of nitrogens with one attached hydrogen (secondary N) is 1. The second kappa shape index (κ2) is 7.09. The predicted octanol–water partition coefficient (Wildman–Crippen LogP) is 4.18. The molecule has 2 aromatic rings. The lowest BCUT2D eigenvalue weighted by Crippen LogP contribution is -2.27. The molecule has 1 amide bonds. The molecule has 1 fully saturated rings. The first-order valence-electron chi connectivity index (χ1n) is 8.59. The summed E-state index contributed by atoms with van der Waals surface area (Å²) >= 11 is 0. The van der Waals surface area contributed by atoms with E-state index in [2.05, 4.69) is 5.32 Å². The molecule has 130 valence electrons. The molecule has 1 aliphatic carbocycles. The van der Waals surface area contributed by atoms with E-state index in [9.17, 15) is 9.59 Å². The molecule has 0 saturated heterocycles. The number of carbonyl (C=O) groups is 2. The van der Waals surface area contributed by atoms with Gasteiger partial charge in [0.1, 0.15) is 0 Å². The van der Waals surface area contributed by atoms with Crippen LogP contribution in [-0.2, 0) is 14.3 Å². The molecule has 0 unspecified atom stereocenters. The average molecular weight is 337 g/mol. The molecular formula is C21H23NO3. The van der Waals surface area contributed by atoms with Crippen molar-refractivity contribution in [3.63, 3.8) is 0 Å².